The Morgan fingerprint density at radius 3 is 2.44 bits per heavy atom. The Kier molecular flexibility index (Phi) is 3.18. The van der Waals surface area contributed by atoms with Gasteiger partial charge in [0.05, 0.1) is 6.54 Å². The number of carbonyl (C=O) groups excluding carboxylic acids is 3. The van der Waals surface area contributed by atoms with Crippen LogP contribution in [0.1, 0.15) is 13.8 Å². The monoisotopic (exact) mass is 228 g/mol. The molecule has 0 aromatic carbocycles. The number of hydrogen-bond donors (Lipinski definition) is 2. The third-order valence-corrected chi connectivity index (χ3v) is 2.71. The Bertz CT molecular complexity index is 340. The summed E-state index contributed by atoms with van der Waals surface area (Å²) in [6.07, 6.45) is 0. The molecule has 16 heavy (non-hydrogen) atoms. The number of hydrogen-bond acceptors (Lipinski definition) is 4. The van der Waals surface area contributed by atoms with E-state index in [2.05, 4.69) is 0 Å². The summed E-state index contributed by atoms with van der Waals surface area (Å²) >= 11 is 0. The molecular formula is C9H16N4O3. The average Bonchev–Trinajstić information content (AvgIpc) is 2.40. The number of primary amides is 1. The standard InChI is InChI=1S/C9H16N4O3/c1-9(2)12(4-6(11)14)8(16)5-13(9)7(15)3-10/h3-5,10H2,1-2H3,(H2,11,14). The van der Waals surface area contributed by atoms with Crippen LogP contribution < -0.4 is 11.5 Å². The highest BCUT2D eigenvalue weighted by Gasteiger charge is 2.46. The van der Waals surface area contributed by atoms with Gasteiger partial charge in [-0.1, -0.05) is 0 Å². The van der Waals surface area contributed by atoms with Crippen molar-refractivity contribution in [2.75, 3.05) is 19.6 Å². The summed E-state index contributed by atoms with van der Waals surface area (Å²) in [4.78, 5) is 36.6. The molecule has 90 valence electrons. The minimum Gasteiger partial charge on any atom is -0.368 e. The van der Waals surface area contributed by atoms with Crippen LogP contribution in [-0.2, 0) is 14.4 Å². The molecule has 7 heteroatoms. The zero-order valence-corrected chi connectivity index (χ0v) is 9.40. The van der Waals surface area contributed by atoms with E-state index in [4.69, 9.17) is 11.5 Å². The lowest BCUT2D eigenvalue weighted by Gasteiger charge is -2.36. The number of nitrogens with zero attached hydrogens (tertiary/aromatic N) is 2. The number of rotatable bonds is 3. The van der Waals surface area contributed by atoms with Gasteiger partial charge in [0.2, 0.25) is 17.7 Å². The van der Waals surface area contributed by atoms with Gasteiger partial charge in [-0.25, -0.2) is 0 Å². The van der Waals surface area contributed by atoms with Crippen LogP contribution in [0.2, 0.25) is 0 Å². The molecule has 0 saturated carbocycles. The minimum atomic E-state index is -0.859. The fourth-order valence-corrected chi connectivity index (χ4v) is 1.81. The van der Waals surface area contributed by atoms with Crippen molar-refractivity contribution in [2.45, 2.75) is 19.5 Å². The molecule has 1 aliphatic rings. The molecule has 0 aromatic heterocycles. The summed E-state index contributed by atoms with van der Waals surface area (Å²) in [6, 6.07) is 0. The Hall–Kier alpha value is -1.63. The van der Waals surface area contributed by atoms with E-state index >= 15 is 0 Å². The third-order valence-electron chi connectivity index (χ3n) is 2.71. The van der Waals surface area contributed by atoms with Crippen LogP contribution in [0.5, 0.6) is 0 Å². The number of carbonyl (C=O) groups is 3. The minimum absolute atomic E-state index is 0.0592. The van der Waals surface area contributed by atoms with Gasteiger partial charge in [-0.05, 0) is 13.8 Å². The van der Waals surface area contributed by atoms with Crippen LogP contribution in [0.4, 0.5) is 0 Å². The Morgan fingerprint density at radius 1 is 1.44 bits per heavy atom. The van der Waals surface area contributed by atoms with E-state index in [9.17, 15) is 14.4 Å². The maximum atomic E-state index is 11.6. The lowest BCUT2D eigenvalue weighted by molar-refractivity contribution is -0.139. The second-order valence-electron chi connectivity index (χ2n) is 4.12. The van der Waals surface area contributed by atoms with Crippen LogP contribution in [0, 0.1) is 0 Å². The number of nitrogens with two attached hydrogens (primary N) is 2. The van der Waals surface area contributed by atoms with Gasteiger partial charge in [0.25, 0.3) is 0 Å². The first kappa shape index (κ1) is 12.4. The second-order valence-corrected chi connectivity index (χ2v) is 4.12. The second kappa shape index (κ2) is 4.09. The summed E-state index contributed by atoms with van der Waals surface area (Å²) in [6.45, 7) is 2.93. The molecule has 4 N–H and O–H groups in total. The maximum Gasteiger partial charge on any atom is 0.244 e. The van der Waals surface area contributed by atoms with E-state index < -0.39 is 11.6 Å². The van der Waals surface area contributed by atoms with Crippen molar-refractivity contribution in [1.29, 1.82) is 0 Å². The molecule has 0 aromatic rings. The molecule has 0 aliphatic carbocycles. The average molecular weight is 228 g/mol. The van der Waals surface area contributed by atoms with Crippen LogP contribution >= 0.6 is 0 Å². The number of amides is 3. The van der Waals surface area contributed by atoms with Crippen molar-refractivity contribution >= 4 is 17.7 Å². The van der Waals surface area contributed by atoms with Crippen LogP contribution in [0.3, 0.4) is 0 Å². The van der Waals surface area contributed by atoms with E-state index in [1.54, 1.807) is 13.8 Å². The van der Waals surface area contributed by atoms with E-state index in [1.807, 2.05) is 0 Å². The molecular weight excluding hydrogens is 212 g/mol. The molecule has 0 spiro atoms. The zero-order valence-electron chi connectivity index (χ0n) is 9.40. The zero-order chi connectivity index (χ0) is 12.5. The van der Waals surface area contributed by atoms with Crippen LogP contribution in [-0.4, -0.2) is 52.8 Å². The van der Waals surface area contributed by atoms with Gasteiger partial charge in [-0.3, -0.25) is 14.4 Å². The predicted molar refractivity (Wildman–Crippen MR) is 55.8 cm³/mol. The molecule has 1 heterocycles. The highest BCUT2D eigenvalue weighted by molar-refractivity contribution is 5.92. The molecule has 3 amide bonds. The van der Waals surface area contributed by atoms with Crippen molar-refractivity contribution < 1.29 is 14.4 Å². The molecule has 7 nitrogen and oxygen atoms in total. The molecule has 0 bridgehead atoms. The summed E-state index contributed by atoms with van der Waals surface area (Å²) in [5, 5.41) is 0. The van der Waals surface area contributed by atoms with Crippen LogP contribution in [0.15, 0.2) is 0 Å². The van der Waals surface area contributed by atoms with Gasteiger partial charge in [0, 0.05) is 0 Å². The topological polar surface area (TPSA) is 110 Å². The molecule has 0 unspecified atom stereocenters. The molecule has 1 rings (SSSR count). The largest absolute Gasteiger partial charge is 0.368 e. The van der Waals surface area contributed by atoms with E-state index in [1.165, 1.54) is 9.80 Å². The first-order chi connectivity index (χ1) is 7.30. The smallest absolute Gasteiger partial charge is 0.244 e. The summed E-state index contributed by atoms with van der Waals surface area (Å²) in [7, 11) is 0. The molecule has 0 radical (unpaired) electrons. The van der Waals surface area contributed by atoms with Crippen molar-refractivity contribution in [1.82, 2.24) is 9.80 Å². The van der Waals surface area contributed by atoms with Crippen molar-refractivity contribution in [3.63, 3.8) is 0 Å². The van der Waals surface area contributed by atoms with Crippen molar-refractivity contribution in [3.8, 4) is 0 Å². The Balaban J connectivity index is 2.93. The van der Waals surface area contributed by atoms with Gasteiger partial charge < -0.3 is 21.3 Å². The third kappa shape index (κ3) is 1.99. The quantitative estimate of drug-likeness (QED) is 0.573. The normalized spacial score (nSPS) is 19.1. The van der Waals surface area contributed by atoms with Crippen LogP contribution in [0.25, 0.3) is 0 Å². The Labute approximate surface area is 93.3 Å². The highest BCUT2D eigenvalue weighted by Crippen LogP contribution is 2.26. The van der Waals surface area contributed by atoms with E-state index in [0.29, 0.717) is 0 Å². The predicted octanol–water partition coefficient (Wildman–Crippen LogP) is -2.16. The van der Waals surface area contributed by atoms with E-state index in [0.717, 1.165) is 0 Å². The molecule has 1 aliphatic heterocycles. The van der Waals surface area contributed by atoms with E-state index in [-0.39, 0.29) is 31.4 Å². The van der Waals surface area contributed by atoms with Gasteiger partial charge in [0.1, 0.15) is 18.8 Å². The lowest BCUT2D eigenvalue weighted by atomic mass is 10.2. The first-order valence-electron chi connectivity index (χ1n) is 4.90. The Morgan fingerprint density at radius 2 is 2.00 bits per heavy atom. The van der Waals surface area contributed by atoms with Gasteiger partial charge in [0.15, 0.2) is 0 Å². The summed E-state index contributed by atoms with van der Waals surface area (Å²) < 4.78 is 0. The van der Waals surface area contributed by atoms with Gasteiger partial charge >= 0.3 is 0 Å². The fraction of sp³-hybridized carbons (Fsp3) is 0.667. The van der Waals surface area contributed by atoms with Crippen molar-refractivity contribution in [2.24, 2.45) is 11.5 Å². The highest BCUT2D eigenvalue weighted by atomic mass is 16.2. The first-order valence-corrected chi connectivity index (χ1v) is 4.90. The molecule has 0 atom stereocenters. The lowest BCUT2D eigenvalue weighted by Crippen LogP contribution is -2.54. The summed E-state index contributed by atoms with van der Waals surface area (Å²) in [5.74, 6) is -1.24. The van der Waals surface area contributed by atoms with Gasteiger partial charge in [-0.2, -0.15) is 0 Å². The SMILES string of the molecule is CC1(C)N(CC(N)=O)C(=O)CN1C(=O)CN. The summed E-state index contributed by atoms with van der Waals surface area (Å²) in [5.41, 5.74) is 9.44. The maximum absolute atomic E-state index is 11.6. The van der Waals surface area contributed by atoms with Gasteiger partial charge in [-0.15, -0.1) is 0 Å². The van der Waals surface area contributed by atoms with Crippen molar-refractivity contribution in [3.05, 3.63) is 0 Å². The molecule has 1 saturated heterocycles. The fourth-order valence-electron chi connectivity index (χ4n) is 1.81. The molecule has 1 fully saturated rings.